The topological polar surface area (TPSA) is 49.3 Å². The lowest BCUT2D eigenvalue weighted by molar-refractivity contribution is -0.253. The Morgan fingerprint density at radius 3 is 1.87 bits per heavy atom. The van der Waals surface area contributed by atoms with Crippen LogP contribution in [-0.2, 0) is 4.79 Å². The van der Waals surface area contributed by atoms with E-state index in [9.17, 15) is 23.1 Å². The van der Waals surface area contributed by atoms with E-state index < -0.39 is 29.6 Å². The van der Waals surface area contributed by atoms with E-state index in [-0.39, 0.29) is 0 Å². The number of hydrogen-bond acceptors (Lipinski definition) is 2. The monoisotopic (exact) mass is 227 g/mol. The summed E-state index contributed by atoms with van der Waals surface area (Å²) >= 11 is 0. The van der Waals surface area contributed by atoms with Gasteiger partial charge in [-0.05, 0) is 27.2 Å². The average molecular weight is 227 g/mol. The van der Waals surface area contributed by atoms with E-state index in [1.807, 2.05) is 0 Å². The molecule has 0 spiro atoms. The minimum atomic E-state index is -4.96. The molecular formula is C9H16F3NO2. The van der Waals surface area contributed by atoms with Gasteiger partial charge in [0.15, 0.2) is 0 Å². The number of aliphatic hydroxyl groups is 1. The molecule has 0 bridgehead atoms. The molecule has 2 N–H and O–H groups in total. The summed E-state index contributed by atoms with van der Waals surface area (Å²) in [5, 5.41) is 11.4. The Morgan fingerprint density at radius 1 is 1.27 bits per heavy atom. The zero-order chi connectivity index (χ0) is 12.5. The largest absolute Gasteiger partial charge is 0.426 e. The molecule has 0 aromatic carbocycles. The molecule has 0 saturated heterocycles. The summed E-state index contributed by atoms with van der Waals surface area (Å²) in [5.74, 6) is -1.41. The number of hydrogen-bond donors (Lipinski definition) is 2. The van der Waals surface area contributed by atoms with Crippen LogP contribution in [0.4, 0.5) is 13.2 Å². The van der Waals surface area contributed by atoms with Crippen molar-refractivity contribution >= 4 is 5.91 Å². The molecule has 0 radical (unpaired) electrons. The summed E-state index contributed by atoms with van der Waals surface area (Å²) in [6, 6.07) is 0. The second kappa shape index (κ2) is 4.00. The van der Waals surface area contributed by atoms with Gasteiger partial charge < -0.3 is 10.4 Å². The van der Waals surface area contributed by atoms with E-state index in [0.29, 0.717) is 0 Å². The predicted molar refractivity (Wildman–Crippen MR) is 49.2 cm³/mol. The zero-order valence-corrected chi connectivity index (χ0v) is 9.20. The summed E-state index contributed by atoms with van der Waals surface area (Å²) in [6.07, 6.45) is -5.67. The van der Waals surface area contributed by atoms with Crippen LogP contribution in [0, 0.1) is 0 Å². The first-order chi connectivity index (χ1) is 6.44. The van der Waals surface area contributed by atoms with Crippen LogP contribution >= 0.6 is 0 Å². The van der Waals surface area contributed by atoms with Crippen LogP contribution in [0.25, 0.3) is 0 Å². The van der Waals surface area contributed by atoms with Crippen LogP contribution in [0.2, 0.25) is 0 Å². The lowest BCUT2D eigenvalue weighted by Crippen LogP contribution is -2.60. The van der Waals surface area contributed by atoms with Gasteiger partial charge in [-0.3, -0.25) is 4.79 Å². The highest BCUT2D eigenvalue weighted by Crippen LogP contribution is 2.33. The molecule has 90 valence electrons. The maximum absolute atomic E-state index is 12.4. The Morgan fingerprint density at radius 2 is 1.67 bits per heavy atom. The number of alkyl halides is 3. The highest BCUT2D eigenvalue weighted by atomic mass is 19.4. The van der Waals surface area contributed by atoms with Gasteiger partial charge in [0.05, 0.1) is 0 Å². The third kappa shape index (κ3) is 3.37. The summed E-state index contributed by atoms with van der Waals surface area (Å²) in [5.41, 5.74) is -4.12. The molecule has 3 nitrogen and oxygen atoms in total. The summed E-state index contributed by atoms with van der Waals surface area (Å²) < 4.78 is 37.3. The Balaban J connectivity index is 4.92. The van der Waals surface area contributed by atoms with E-state index in [4.69, 9.17) is 0 Å². The van der Waals surface area contributed by atoms with Gasteiger partial charge >= 0.3 is 6.18 Å². The summed E-state index contributed by atoms with van der Waals surface area (Å²) in [7, 11) is 0. The van der Waals surface area contributed by atoms with Crippen molar-refractivity contribution in [3.63, 3.8) is 0 Å². The highest BCUT2D eigenvalue weighted by Gasteiger charge is 2.58. The number of carbonyl (C=O) groups is 1. The fourth-order valence-electron chi connectivity index (χ4n) is 0.934. The minimum absolute atomic E-state index is 0.710. The van der Waals surface area contributed by atoms with E-state index in [1.54, 1.807) is 0 Å². The Hall–Kier alpha value is -0.780. The number of amides is 1. The second-order valence-corrected chi connectivity index (χ2v) is 4.42. The van der Waals surface area contributed by atoms with E-state index >= 15 is 0 Å². The molecule has 15 heavy (non-hydrogen) atoms. The van der Waals surface area contributed by atoms with Crippen LogP contribution in [0.1, 0.15) is 34.1 Å². The molecule has 0 saturated carbocycles. The first kappa shape index (κ1) is 14.2. The first-order valence-electron chi connectivity index (χ1n) is 4.56. The molecule has 0 rings (SSSR count). The lowest BCUT2D eigenvalue weighted by Gasteiger charge is -2.31. The Labute approximate surface area is 86.7 Å². The lowest BCUT2D eigenvalue weighted by atomic mass is 9.97. The normalized spacial score (nSPS) is 17.1. The Kier molecular flexibility index (Phi) is 3.79. The van der Waals surface area contributed by atoms with Crippen LogP contribution < -0.4 is 5.32 Å². The maximum Gasteiger partial charge on any atom is 0.426 e. The molecule has 1 amide bonds. The van der Waals surface area contributed by atoms with Crippen LogP contribution in [-0.4, -0.2) is 28.3 Å². The van der Waals surface area contributed by atoms with Gasteiger partial charge in [0.2, 0.25) is 5.60 Å². The van der Waals surface area contributed by atoms with Crippen LogP contribution in [0.15, 0.2) is 0 Å². The molecule has 0 aliphatic heterocycles. The van der Waals surface area contributed by atoms with Crippen molar-refractivity contribution in [3.05, 3.63) is 0 Å². The third-order valence-corrected chi connectivity index (χ3v) is 1.84. The average Bonchev–Trinajstić information content (AvgIpc) is 1.97. The second-order valence-electron chi connectivity index (χ2n) is 4.42. The van der Waals surface area contributed by atoms with E-state index in [1.165, 1.54) is 20.8 Å². The SMILES string of the molecule is CC[C@@](O)(C(=O)NC(C)(C)C)C(F)(F)F. The van der Waals surface area contributed by atoms with Crippen molar-refractivity contribution in [1.29, 1.82) is 0 Å². The van der Waals surface area contributed by atoms with Gasteiger partial charge in [-0.1, -0.05) is 6.92 Å². The molecule has 0 aliphatic rings. The highest BCUT2D eigenvalue weighted by molar-refractivity contribution is 5.86. The van der Waals surface area contributed by atoms with Gasteiger partial charge in [0.1, 0.15) is 0 Å². The molecule has 0 aliphatic carbocycles. The Bertz CT molecular complexity index is 245. The molecule has 0 aromatic rings. The predicted octanol–water partition coefficient (Wildman–Crippen LogP) is 1.60. The van der Waals surface area contributed by atoms with Crippen LogP contribution in [0.5, 0.6) is 0 Å². The molecule has 0 unspecified atom stereocenters. The fourth-order valence-corrected chi connectivity index (χ4v) is 0.934. The molecule has 0 fully saturated rings. The van der Waals surface area contributed by atoms with Gasteiger partial charge in [-0.15, -0.1) is 0 Å². The number of nitrogens with one attached hydrogen (secondary N) is 1. The van der Waals surface area contributed by atoms with Crippen molar-refractivity contribution < 1.29 is 23.1 Å². The minimum Gasteiger partial charge on any atom is -0.373 e. The molecule has 1 atom stereocenters. The van der Waals surface area contributed by atoms with Crippen molar-refractivity contribution in [3.8, 4) is 0 Å². The fraction of sp³-hybridized carbons (Fsp3) is 0.889. The van der Waals surface area contributed by atoms with Gasteiger partial charge in [0, 0.05) is 5.54 Å². The van der Waals surface area contributed by atoms with Crippen molar-refractivity contribution in [2.45, 2.75) is 51.4 Å². The number of rotatable bonds is 2. The standard InChI is InChI=1S/C9H16F3NO2/c1-5-8(15,9(10,11)12)6(14)13-7(2,3)4/h15H,5H2,1-4H3,(H,13,14)/t8-/m1/s1. The molecular weight excluding hydrogens is 211 g/mol. The molecule has 0 heterocycles. The first-order valence-corrected chi connectivity index (χ1v) is 4.56. The van der Waals surface area contributed by atoms with Gasteiger partial charge in [-0.2, -0.15) is 13.2 Å². The smallest absolute Gasteiger partial charge is 0.373 e. The summed E-state index contributed by atoms with van der Waals surface area (Å²) in [6.45, 7) is 5.72. The molecule has 6 heteroatoms. The van der Waals surface area contributed by atoms with Gasteiger partial charge in [-0.25, -0.2) is 0 Å². The third-order valence-electron chi connectivity index (χ3n) is 1.84. The van der Waals surface area contributed by atoms with E-state index in [2.05, 4.69) is 5.32 Å². The summed E-state index contributed by atoms with van der Waals surface area (Å²) in [4.78, 5) is 11.3. The molecule has 0 aromatic heterocycles. The maximum atomic E-state index is 12.4. The van der Waals surface area contributed by atoms with Crippen molar-refractivity contribution in [2.24, 2.45) is 0 Å². The van der Waals surface area contributed by atoms with E-state index in [0.717, 1.165) is 6.92 Å². The number of halogens is 3. The zero-order valence-electron chi connectivity index (χ0n) is 9.20. The quantitative estimate of drug-likeness (QED) is 0.752. The van der Waals surface area contributed by atoms with Crippen molar-refractivity contribution in [2.75, 3.05) is 0 Å². The number of carbonyl (C=O) groups excluding carboxylic acids is 1. The van der Waals surface area contributed by atoms with Crippen molar-refractivity contribution in [1.82, 2.24) is 5.32 Å². The van der Waals surface area contributed by atoms with Gasteiger partial charge in [0.25, 0.3) is 5.91 Å². The van der Waals surface area contributed by atoms with Crippen LogP contribution in [0.3, 0.4) is 0 Å².